The summed E-state index contributed by atoms with van der Waals surface area (Å²) in [6.45, 7) is 1.15. The van der Waals surface area contributed by atoms with Crippen LogP contribution in [0.5, 0.6) is 0 Å². The summed E-state index contributed by atoms with van der Waals surface area (Å²) >= 11 is 0. The molecule has 0 amide bonds. The third-order valence-corrected chi connectivity index (χ3v) is 3.26. The molecule has 4 heteroatoms. The molecule has 2 aromatic heterocycles. The molecule has 1 aliphatic rings. The van der Waals surface area contributed by atoms with Gasteiger partial charge in [0.15, 0.2) is 5.65 Å². The molecule has 0 aliphatic carbocycles. The van der Waals surface area contributed by atoms with Gasteiger partial charge in [0.05, 0.1) is 0 Å². The molecular formula is C12H16N4. The zero-order valence-electron chi connectivity index (χ0n) is 9.26. The molecule has 16 heavy (non-hydrogen) atoms. The van der Waals surface area contributed by atoms with Crippen LogP contribution in [0, 0.1) is 0 Å². The van der Waals surface area contributed by atoms with E-state index in [2.05, 4.69) is 21.5 Å². The number of hydrogen-bond acceptors (Lipinski definition) is 3. The molecule has 1 unspecified atom stereocenters. The van der Waals surface area contributed by atoms with Crippen molar-refractivity contribution in [3.05, 3.63) is 30.2 Å². The van der Waals surface area contributed by atoms with Crippen LogP contribution in [0.2, 0.25) is 0 Å². The lowest BCUT2D eigenvalue weighted by Crippen LogP contribution is -2.35. The number of pyridine rings is 1. The molecular weight excluding hydrogens is 200 g/mol. The molecule has 84 valence electrons. The van der Waals surface area contributed by atoms with Crippen LogP contribution in [0.25, 0.3) is 5.65 Å². The standard InChI is InChI=1S/C12H16N4/c1-2-6-13-11(5-1)8-10-4-3-7-16-12(10)14-9-15-16/h3-4,7,9,11,13H,1-2,5-6,8H2. The third kappa shape index (κ3) is 1.80. The average molecular weight is 216 g/mol. The molecule has 3 rings (SSSR count). The van der Waals surface area contributed by atoms with E-state index in [0.717, 1.165) is 18.6 Å². The Balaban J connectivity index is 1.85. The van der Waals surface area contributed by atoms with E-state index in [-0.39, 0.29) is 0 Å². The molecule has 4 nitrogen and oxygen atoms in total. The molecule has 1 saturated heterocycles. The monoisotopic (exact) mass is 216 g/mol. The second-order valence-electron chi connectivity index (χ2n) is 4.41. The Labute approximate surface area is 94.7 Å². The van der Waals surface area contributed by atoms with Gasteiger partial charge in [-0.2, -0.15) is 5.10 Å². The van der Waals surface area contributed by atoms with E-state index in [1.807, 2.05) is 16.8 Å². The van der Waals surface area contributed by atoms with Gasteiger partial charge in [-0.05, 0) is 37.4 Å². The Morgan fingerprint density at radius 3 is 3.31 bits per heavy atom. The first kappa shape index (κ1) is 9.78. The summed E-state index contributed by atoms with van der Waals surface area (Å²) in [4.78, 5) is 4.31. The van der Waals surface area contributed by atoms with Gasteiger partial charge in [0.2, 0.25) is 0 Å². The lowest BCUT2D eigenvalue weighted by atomic mass is 9.98. The topological polar surface area (TPSA) is 42.2 Å². The normalized spacial score (nSPS) is 21.4. The molecule has 0 spiro atoms. The van der Waals surface area contributed by atoms with Gasteiger partial charge >= 0.3 is 0 Å². The van der Waals surface area contributed by atoms with E-state index in [1.165, 1.54) is 24.8 Å². The minimum Gasteiger partial charge on any atom is -0.314 e. The maximum atomic E-state index is 4.31. The van der Waals surface area contributed by atoms with Gasteiger partial charge in [0, 0.05) is 12.2 Å². The van der Waals surface area contributed by atoms with Crippen LogP contribution in [0.1, 0.15) is 24.8 Å². The van der Waals surface area contributed by atoms with Crippen molar-refractivity contribution >= 4 is 5.65 Å². The lowest BCUT2D eigenvalue weighted by Gasteiger charge is -2.23. The van der Waals surface area contributed by atoms with E-state index in [9.17, 15) is 0 Å². The van der Waals surface area contributed by atoms with Crippen LogP contribution in [-0.2, 0) is 6.42 Å². The summed E-state index contributed by atoms with van der Waals surface area (Å²) in [7, 11) is 0. The van der Waals surface area contributed by atoms with Crippen LogP contribution in [0.3, 0.4) is 0 Å². The number of rotatable bonds is 2. The highest BCUT2D eigenvalue weighted by molar-refractivity contribution is 5.46. The van der Waals surface area contributed by atoms with Gasteiger partial charge < -0.3 is 5.32 Å². The summed E-state index contributed by atoms with van der Waals surface area (Å²) in [6, 6.07) is 4.80. The van der Waals surface area contributed by atoms with Crippen molar-refractivity contribution in [2.24, 2.45) is 0 Å². The van der Waals surface area contributed by atoms with Crippen LogP contribution < -0.4 is 5.32 Å². The molecule has 1 atom stereocenters. The average Bonchev–Trinajstić information content (AvgIpc) is 2.80. The number of nitrogens with one attached hydrogen (secondary N) is 1. The fourth-order valence-corrected chi connectivity index (χ4v) is 2.43. The van der Waals surface area contributed by atoms with Gasteiger partial charge in [0.25, 0.3) is 0 Å². The van der Waals surface area contributed by atoms with Crippen molar-refractivity contribution in [2.75, 3.05) is 6.54 Å². The molecule has 1 fully saturated rings. The van der Waals surface area contributed by atoms with Crippen LogP contribution in [0.4, 0.5) is 0 Å². The second kappa shape index (κ2) is 4.22. The minimum absolute atomic E-state index is 0.608. The fourth-order valence-electron chi connectivity index (χ4n) is 2.43. The van der Waals surface area contributed by atoms with Gasteiger partial charge in [0.1, 0.15) is 6.33 Å². The van der Waals surface area contributed by atoms with Crippen molar-refractivity contribution in [3.63, 3.8) is 0 Å². The first-order chi connectivity index (χ1) is 7.93. The summed E-state index contributed by atoms with van der Waals surface area (Å²) in [5.74, 6) is 0. The van der Waals surface area contributed by atoms with E-state index in [0.29, 0.717) is 6.04 Å². The smallest absolute Gasteiger partial charge is 0.158 e. The molecule has 0 saturated carbocycles. The first-order valence-electron chi connectivity index (χ1n) is 5.94. The quantitative estimate of drug-likeness (QED) is 0.825. The van der Waals surface area contributed by atoms with Crippen LogP contribution in [0.15, 0.2) is 24.7 Å². The van der Waals surface area contributed by atoms with Gasteiger partial charge in [-0.15, -0.1) is 0 Å². The van der Waals surface area contributed by atoms with Crippen molar-refractivity contribution in [3.8, 4) is 0 Å². The van der Waals surface area contributed by atoms with Gasteiger partial charge in [-0.1, -0.05) is 12.5 Å². The fraction of sp³-hybridized carbons (Fsp3) is 0.500. The van der Waals surface area contributed by atoms with E-state index < -0.39 is 0 Å². The van der Waals surface area contributed by atoms with Crippen molar-refractivity contribution in [2.45, 2.75) is 31.7 Å². The Morgan fingerprint density at radius 1 is 1.44 bits per heavy atom. The highest BCUT2D eigenvalue weighted by Crippen LogP contribution is 2.15. The largest absolute Gasteiger partial charge is 0.314 e. The molecule has 0 bridgehead atoms. The Morgan fingerprint density at radius 2 is 2.44 bits per heavy atom. The van der Waals surface area contributed by atoms with E-state index in [4.69, 9.17) is 0 Å². The molecule has 2 aromatic rings. The van der Waals surface area contributed by atoms with Crippen molar-refractivity contribution in [1.82, 2.24) is 19.9 Å². The summed E-state index contributed by atoms with van der Waals surface area (Å²) < 4.78 is 1.85. The molecule has 0 radical (unpaired) electrons. The van der Waals surface area contributed by atoms with Gasteiger partial charge in [-0.25, -0.2) is 9.50 Å². The number of nitrogens with zero attached hydrogens (tertiary/aromatic N) is 3. The first-order valence-corrected chi connectivity index (χ1v) is 5.94. The van der Waals surface area contributed by atoms with E-state index >= 15 is 0 Å². The predicted octanol–water partition coefficient (Wildman–Crippen LogP) is 1.41. The van der Waals surface area contributed by atoms with Crippen molar-refractivity contribution < 1.29 is 0 Å². The third-order valence-electron chi connectivity index (χ3n) is 3.26. The lowest BCUT2D eigenvalue weighted by molar-refractivity contribution is 0.399. The van der Waals surface area contributed by atoms with E-state index in [1.54, 1.807) is 6.33 Å². The predicted molar refractivity (Wildman–Crippen MR) is 62.3 cm³/mol. The zero-order valence-corrected chi connectivity index (χ0v) is 9.26. The Kier molecular flexibility index (Phi) is 2.58. The number of fused-ring (bicyclic) bond motifs is 1. The number of hydrogen-bond donors (Lipinski definition) is 1. The summed E-state index contributed by atoms with van der Waals surface area (Å²) in [5, 5.41) is 7.72. The molecule has 1 N–H and O–H groups in total. The summed E-state index contributed by atoms with van der Waals surface area (Å²) in [5.41, 5.74) is 2.29. The molecule has 0 aromatic carbocycles. The summed E-state index contributed by atoms with van der Waals surface area (Å²) in [6.07, 6.45) is 8.55. The van der Waals surface area contributed by atoms with Crippen LogP contribution >= 0.6 is 0 Å². The highest BCUT2D eigenvalue weighted by Gasteiger charge is 2.14. The highest BCUT2D eigenvalue weighted by atomic mass is 15.3. The maximum Gasteiger partial charge on any atom is 0.158 e. The Hall–Kier alpha value is -1.42. The SMILES string of the molecule is c1cc(CC2CCCCN2)c2ncnn2c1. The van der Waals surface area contributed by atoms with Crippen molar-refractivity contribution in [1.29, 1.82) is 0 Å². The van der Waals surface area contributed by atoms with Gasteiger partial charge in [-0.3, -0.25) is 0 Å². The van der Waals surface area contributed by atoms with Crippen LogP contribution in [-0.4, -0.2) is 27.2 Å². The number of piperidine rings is 1. The second-order valence-corrected chi connectivity index (χ2v) is 4.41. The number of aromatic nitrogens is 3. The molecule has 3 heterocycles. The maximum absolute atomic E-state index is 4.31. The molecule has 1 aliphatic heterocycles. The minimum atomic E-state index is 0.608. The Bertz CT molecular complexity index is 471. The zero-order chi connectivity index (χ0) is 10.8.